The van der Waals surface area contributed by atoms with Gasteiger partial charge in [-0.05, 0) is 67.6 Å². The lowest BCUT2D eigenvalue weighted by Gasteiger charge is -2.35. The van der Waals surface area contributed by atoms with Crippen LogP contribution in [0.3, 0.4) is 0 Å². The Morgan fingerprint density at radius 3 is 2.34 bits per heavy atom. The summed E-state index contributed by atoms with van der Waals surface area (Å²) in [4.78, 5) is 29.8. The lowest BCUT2D eigenvalue weighted by molar-refractivity contribution is -0.137. The van der Waals surface area contributed by atoms with Gasteiger partial charge >= 0.3 is 0 Å². The average molecular weight is 438 g/mol. The van der Waals surface area contributed by atoms with Gasteiger partial charge < -0.3 is 19.3 Å². The number of carbonyl (C=O) groups is 2. The zero-order valence-electron chi connectivity index (χ0n) is 18.0. The van der Waals surface area contributed by atoms with Crippen molar-refractivity contribution < 1.29 is 23.5 Å². The van der Waals surface area contributed by atoms with Crippen LogP contribution in [0, 0.1) is 11.7 Å². The summed E-state index contributed by atoms with van der Waals surface area (Å²) in [5, 5.41) is 0. The number of carbonyl (C=O) groups excluding carboxylic acids is 2. The number of amides is 2. The Labute approximate surface area is 186 Å². The summed E-state index contributed by atoms with van der Waals surface area (Å²) in [6.45, 7) is 2.93. The molecule has 5 rings (SSSR count). The van der Waals surface area contributed by atoms with Crippen LogP contribution in [0.15, 0.2) is 42.5 Å². The zero-order valence-corrected chi connectivity index (χ0v) is 18.0. The highest BCUT2D eigenvalue weighted by molar-refractivity contribution is 5.94. The number of benzene rings is 2. The van der Waals surface area contributed by atoms with Crippen LogP contribution in [0.4, 0.5) is 4.39 Å². The van der Waals surface area contributed by atoms with Crippen LogP contribution in [0.1, 0.15) is 47.6 Å². The standard InChI is InChI=1S/C25H27FN2O4/c26-20-6-3-17(4-7-20)24(29)27-12-9-18(10-13-27)25(30)28-11-1-2-21(28)19-5-8-22-23(16-19)32-15-14-31-22/h3-8,16,18,21H,1-2,9-15H2. The molecule has 7 heteroatoms. The Hall–Kier alpha value is -3.09. The molecule has 168 valence electrons. The molecule has 0 radical (unpaired) electrons. The van der Waals surface area contributed by atoms with Crippen molar-refractivity contribution in [3.63, 3.8) is 0 Å². The summed E-state index contributed by atoms with van der Waals surface area (Å²) < 4.78 is 24.5. The summed E-state index contributed by atoms with van der Waals surface area (Å²) in [6, 6.07) is 11.7. The Bertz CT molecular complexity index is 1000. The van der Waals surface area contributed by atoms with Crippen LogP contribution in [-0.4, -0.2) is 54.5 Å². The van der Waals surface area contributed by atoms with E-state index in [0.29, 0.717) is 44.7 Å². The molecule has 1 unspecified atom stereocenters. The summed E-state index contributed by atoms with van der Waals surface area (Å²) in [7, 11) is 0. The minimum Gasteiger partial charge on any atom is -0.486 e. The Balaban J connectivity index is 1.23. The van der Waals surface area contributed by atoms with E-state index in [4.69, 9.17) is 9.47 Å². The van der Waals surface area contributed by atoms with Crippen molar-refractivity contribution in [2.75, 3.05) is 32.8 Å². The molecule has 6 nitrogen and oxygen atoms in total. The van der Waals surface area contributed by atoms with Gasteiger partial charge in [-0.15, -0.1) is 0 Å². The molecule has 3 aliphatic heterocycles. The Kier molecular flexibility index (Phi) is 5.72. The molecule has 3 aliphatic rings. The first-order chi connectivity index (χ1) is 15.6. The summed E-state index contributed by atoms with van der Waals surface area (Å²) >= 11 is 0. The highest BCUT2D eigenvalue weighted by Gasteiger charge is 2.36. The molecule has 32 heavy (non-hydrogen) atoms. The van der Waals surface area contributed by atoms with Crippen LogP contribution < -0.4 is 9.47 Å². The third-order valence-electron chi connectivity index (χ3n) is 6.71. The fourth-order valence-corrected chi connectivity index (χ4v) is 4.98. The smallest absolute Gasteiger partial charge is 0.253 e. The summed E-state index contributed by atoms with van der Waals surface area (Å²) in [5.74, 6) is 1.14. The molecular formula is C25H27FN2O4. The monoisotopic (exact) mass is 438 g/mol. The second-order valence-electron chi connectivity index (χ2n) is 8.67. The highest BCUT2D eigenvalue weighted by atomic mass is 19.1. The summed E-state index contributed by atoms with van der Waals surface area (Å²) in [6.07, 6.45) is 3.21. The topological polar surface area (TPSA) is 59.1 Å². The molecular weight excluding hydrogens is 411 g/mol. The van der Waals surface area contributed by atoms with Gasteiger partial charge in [-0.25, -0.2) is 4.39 Å². The molecule has 2 aromatic rings. The van der Waals surface area contributed by atoms with E-state index in [-0.39, 0.29) is 29.6 Å². The molecule has 1 atom stereocenters. The SMILES string of the molecule is O=C(c1ccc(F)cc1)N1CCC(C(=O)N2CCCC2c2ccc3c(c2)OCCO3)CC1. The highest BCUT2D eigenvalue weighted by Crippen LogP contribution is 2.39. The van der Waals surface area contributed by atoms with Gasteiger partial charge in [-0.1, -0.05) is 6.07 Å². The van der Waals surface area contributed by atoms with Gasteiger partial charge in [-0.3, -0.25) is 9.59 Å². The zero-order chi connectivity index (χ0) is 22.1. The van der Waals surface area contributed by atoms with Gasteiger partial charge in [0, 0.05) is 31.1 Å². The number of halogens is 1. The van der Waals surface area contributed by atoms with Crippen molar-refractivity contribution in [3.8, 4) is 11.5 Å². The molecule has 0 aromatic heterocycles. The molecule has 0 N–H and O–H groups in total. The maximum Gasteiger partial charge on any atom is 0.253 e. The van der Waals surface area contributed by atoms with Crippen LogP contribution in [-0.2, 0) is 4.79 Å². The third kappa shape index (κ3) is 4.04. The van der Waals surface area contributed by atoms with Crippen molar-refractivity contribution in [1.29, 1.82) is 0 Å². The van der Waals surface area contributed by atoms with Crippen LogP contribution in [0.2, 0.25) is 0 Å². The molecule has 0 bridgehead atoms. The minimum atomic E-state index is -0.357. The fourth-order valence-electron chi connectivity index (χ4n) is 4.98. The van der Waals surface area contributed by atoms with Crippen LogP contribution in [0.25, 0.3) is 0 Å². The van der Waals surface area contributed by atoms with Gasteiger partial charge in [-0.2, -0.15) is 0 Å². The quantitative estimate of drug-likeness (QED) is 0.731. The van der Waals surface area contributed by atoms with Gasteiger partial charge in [0.15, 0.2) is 11.5 Å². The second-order valence-corrected chi connectivity index (χ2v) is 8.67. The Morgan fingerprint density at radius 2 is 1.59 bits per heavy atom. The largest absolute Gasteiger partial charge is 0.486 e. The van der Waals surface area contributed by atoms with E-state index in [1.54, 1.807) is 4.90 Å². The van der Waals surface area contributed by atoms with Crippen LogP contribution >= 0.6 is 0 Å². The van der Waals surface area contributed by atoms with E-state index in [1.165, 1.54) is 24.3 Å². The molecule has 0 saturated carbocycles. The van der Waals surface area contributed by atoms with E-state index in [1.807, 2.05) is 23.1 Å². The first-order valence-corrected chi connectivity index (χ1v) is 11.3. The normalized spacial score (nSPS) is 21.0. The van der Waals surface area contributed by atoms with Gasteiger partial charge in [0.1, 0.15) is 19.0 Å². The maximum absolute atomic E-state index is 13.4. The molecule has 2 amide bonds. The van der Waals surface area contributed by atoms with Gasteiger partial charge in [0.2, 0.25) is 5.91 Å². The first-order valence-electron chi connectivity index (χ1n) is 11.3. The first kappa shape index (κ1) is 20.8. The average Bonchev–Trinajstić information content (AvgIpc) is 3.33. The predicted molar refractivity (Wildman–Crippen MR) is 116 cm³/mol. The maximum atomic E-state index is 13.4. The van der Waals surface area contributed by atoms with E-state index in [9.17, 15) is 14.0 Å². The fraction of sp³-hybridized carbons (Fsp3) is 0.440. The number of likely N-dealkylation sites (tertiary alicyclic amines) is 2. The minimum absolute atomic E-state index is 0.0530. The Morgan fingerprint density at radius 1 is 0.875 bits per heavy atom. The number of piperidine rings is 1. The van der Waals surface area contributed by atoms with Crippen LogP contribution in [0.5, 0.6) is 11.5 Å². The third-order valence-corrected chi connectivity index (χ3v) is 6.71. The molecule has 0 spiro atoms. The van der Waals surface area contributed by atoms with Crippen molar-refractivity contribution in [3.05, 3.63) is 59.4 Å². The van der Waals surface area contributed by atoms with E-state index >= 15 is 0 Å². The number of hydrogen-bond donors (Lipinski definition) is 0. The molecule has 2 aromatic carbocycles. The predicted octanol–water partition coefficient (Wildman–Crippen LogP) is 3.81. The lowest BCUT2D eigenvalue weighted by Crippen LogP contribution is -2.44. The lowest BCUT2D eigenvalue weighted by atomic mass is 9.93. The van der Waals surface area contributed by atoms with E-state index in [2.05, 4.69) is 0 Å². The molecule has 0 aliphatic carbocycles. The van der Waals surface area contributed by atoms with Gasteiger partial charge in [0.05, 0.1) is 6.04 Å². The number of hydrogen-bond acceptors (Lipinski definition) is 4. The molecule has 2 fully saturated rings. The number of ether oxygens (including phenoxy) is 2. The number of rotatable bonds is 3. The van der Waals surface area contributed by atoms with Crippen molar-refractivity contribution in [1.82, 2.24) is 9.80 Å². The summed E-state index contributed by atoms with van der Waals surface area (Å²) in [5.41, 5.74) is 1.57. The molecule has 2 saturated heterocycles. The van der Waals surface area contributed by atoms with E-state index in [0.717, 1.165) is 36.4 Å². The second kappa shape index (κ2) is 8.81. The van der Waals surface area contributed by atoms with Gasteiger partial charge in [0.25, 0.3) is 5.91 Å². The number of fused-ring (bicyclic) bond motifs is 1. The molecule has 3 heterocycles. The number of nitrogens with zero attached hydrogens (tertiary/aromatic N) is 2. The van der Waals surface area contributed by atoms with Crippen molar-refractivity contribution in [2.45, 2.75) is 31.7 Å². The van der Waals surface area contributed by atoms with Crippen molar-refractivity contribution >= 4 is 11.8 Å². The van der Waals surface area contributed by atoms with Crippen molar-refractivity contribution in [2.24, 2.45) is 5.92 Å². The van der Waals surface area contributed by atoms with E-state index < -0.39 is 0 Å².